The first-order valence-corrected chi connectivity index (χ1v) is 7.49. The van der Waals surface area contributed by atoms with E-state index in [0.717, 1.165) is 36.6 Å². The van der Waals surface area contributed by atoms with Gasteiger partial charge in [-0.1, -0.05) is 6.07 Å². The van der Waals surface area contributed by atoms with Gasteiger partial charge in [0, 0.05) is 12.6 Å². The third-order valence-corrected chi connectivity index (χ3v) is 3.79. The molecule has 4 nitrogen and oxygen atoms in total. The van der Waals surface area contributed by atoms with E-state index in [4.69, 9.17) is 15.2 Å². The van der Waals surface area contributed by atoms with Crippen molar-refractivity contribution in [2.45, 2.75) is 32.2 Å². The highest BCUT2D eigenvalue weighted by molar-refractivity contribution is 5.43. The molecule has 1 aliphatic rings. The minimum Gasteiger partial charge on any atom is -0.493 e. The summed E-state index contributed by atoms with van der Waals surface area (Å²) in [5, 5.41) is 0. The van der Waals surface area contributed by atoms with E-state index in [2.05, 4.69) is 4.90 Å². The fraction of sp³-hybridized carbons (Fsp3) is 0.625. The molecule has 0 radical (unpaired) electrons. The largest absolute Gasteiger partial charge is 0.493 e. The number of nitrogens with two attached hydrogens (primary N) is 1. The third-order valence-electron chi connectivity index (χ3n) is 3.79. The van der Waals surface area contributed by atoms with Gasteiger partial charge in [0.15, 0.2) is 11.5 Å². The first kappa shape index (κ1) is 15.1. The Bertz CT molecular complexity index is 415. The normalized spacial score (nSPS) is 17.1. The Morgan fingerprint density at radius 2 is 2.00 bits per heavy atom. The van der Waals surface area contributed by atoms with Crippen LogP contribution in [-0.4, -0.2) is 38.3 Å². The second-order valence-corrected chi connectivity index (χ2v) is 5.45. The molecule has 2 rings (SSSR count). The first-order valence-electron chi connectivity index (χ1n) is 7.49. The van der Waals surface area contributed by atoms with E-state index in [-0.39, 0.29) is 6.04 Å². The molecule has 1 atom stereocenters. The lowest BCUT2D eigenvalue weighted by atomic mass is 10.1. The molecular formula is C16H26N2O2. The minimum atomic E-state index is 0.00752. The summed E-state index contributed by atoms with van der Waals surface area (Å²) in [5.41, 5.74) is 6.94. The summed E-state index contributed by atoms with van der Waals surface area (Å²) in [4.78, 5) is 2.50. The molecule has 1 aromatic carbocycles. The average Bonchev–Trinajstić information content (AvgIpc) is 2.96. The van der Waals surface area contributed by atoms with Crippen molar-refractivity contribution < 1.29 is 9.47 Å². The van der Waals surface area contributed by atoms with Crippen LogP contribution < -0.4 is 15.2 Å². The molecule has 0 aromatic heterocycles. The van der Waals surface area contributed by atoms with Gasteiger partial charge in [0.2, 0.25) is 0 Å². The number of hydrogen-bond donors (Lipinski definition) is 1. The molecule has 1 fully saturated rings. The van der Waals surface area contributed by atoms with E-state index in [1.54, 1.807) is 7.11 Å². The second kappa shape index (κ2) is 7.50. The summed E-state index contributed by atoms with van der Waals surface area (Å²) < 4.78 is 11.2. The second-order valence-electron chi connectivity index (χ2n) is 5.45. The molecule has 1 aliphatic heterocycles. The number of nitrogens with zero attached hydrogens (tertiary/aromatic N) is 1. The standard InChI is InChI=1S/C16H26N2O2/c1-13(17)14-6-7-15(16(12-14)19-2)20-11-5-10-18-8-3-4-9-18/h6-7,12-13H,3-5,8-11,17H2,1-2H3. The average molecular weight is 278 g/mol. The van der Waals surface area contributed by atoms with Crippen molar-refractivity contribution in [3.05, 3.63) is 23.8 Å². The molecule has 1 unspecified atom stereocenters. The monoisotopic (exact) mass is 278 g/mol. The zero-order valence-electron chi connectivity index (χ0n) is 12.6. The Morgan fingerprint density at radius 3 is 2.65 bits per heavy atom. The molecule has 0 bridgehead atoms. The molecule has 0 spiro atoms. The van der Waals surface area contributed by atoms with Gasteiger partial charge >= 0.3 is 0 Å². The summed E-state index contributed by atoms with van der Waals surface area (Å²) in [6.07, 6.45) is 3.74. The van der Waals surface area contributed by atoms with E-state index >= 15 is 0 Å². The van der Waals surface area contributed by atoms with Crippen LogP contribution in [0.15, 0.2) is 18.2 Å². The van der Waals surface area contributed by atoms with Crippen LogP contribution in [0.25, 0.3) is 0 Å². The first-order chi connectivity index (χ1) is 9.70. The Kier molecular flexibility index (Phi) is 5.68. The topological polar surface area (TPSA) is 47.7 Å². The van der Waals surface area contributed by atoms with Crippen molar-refractivity contribution >= 4 is 0 Å². The van der Waals surface area contributed by atoms with Crippen LogP contribution in [-0.2, 0) is 0 Å². The molecule has 112 valence electrons. The number of rotatable bonds is 7. The predicted molar refractivity (Wildman–Crippen MR) is 81.4 cm³/mol. The van der Waals surface area contributed by atoms with Gasteiger partial charge < -0.3 is 20.1 Å². The van der Waals surface area contributed by atoms with E-state index in [1.807, 2.05) is 25.1 Å². The zero-order chi connectivity index (χ0) is 14.4. The summed E-state index contributed by atoms with van der Waals surface area (Å²) in [6, 6.07) is 5.92. The molecule has 20 heavy (non-hydrogen) atoms. The van der Waals surface area contributed by atoms with Crippen LogP contribution >= 0.6 is 0 Å². The highest BCUT2D eigenvalue weighted by Gasteiger charge is 2.11. The van der Waals surface area contributed by atoms with E-state index in [9.17, 15) is 0 Å². The Balaban J connectivity index is 1.82. The van der Waals surface area contributed by atoms with Gasteiger partial charge in [0.05, 0.1) is 13.7 Å². The van der Waals surface area contributed by atoms with Crippen molar-refractivity contribution in [3.8, 4) is 11.5 Å². The van der Waals surface area contributed by atoms with Gasteiger partial charge in [0.1, 0.15) is 0 Å². The van der Waals surface area contributed by atoms with Crippen molar-refractivity contribution in [3.63, 3.8) is 0 Å². The van der Waals surface area contributed by atoms with Gasteiger partial charge in [0.25, 0.3) is 0 Å². The minimum absolute atomic E-state index is 0.00752. The fourth-order valence-electron chi connectivity index (χ4n) is 2.56. The molecule has 1 saturated heterocycles. The Labute approximate surface area is 121 Å². The van der Waals surface area contributed by atoms with Gasteiger partial charge in [-0.2, -0.15) is 0 Å². The molecule has 0 aliphatic carbocycles. The van der Waals surface area contributed by atoms with Crippen LogP contribution in [0.3, 0.4) is 0 Å². The molecule has 2 N–H and O–H groups in total. The zero-order valence-corrected chi connectivity index (χ0v) is 12.6. The van der Waals surface area contributed by atoms with Crippen molar-refractivity contribution in [2.24, 2.45) is 5.73 Å². The maximum Gasteiger partial charge on any atom is 0.161 e. The quantitative estimate of drug-likeness (QED) is 0.779. The van der Waals surface area contributed by atoms with Crippen LogP contribution in [0.2, 0.25) is 0 Å². The number of likely N-dealkylation sites (tertiary alicyclic amines) is 1. The van der Waals surface area contributed by atoms with Gasteiger partial charge in [-0.25, -0.2) is 0 Å². The van der Waals surface area contributed by atoms with E-state index in [0.29, 0.717) is 0 Å². The van der Waals surface area contributed by atoms with Crippen molar-refractivity contribution in [1.82, 2.24) is 4.90 Å². The van der Waals surface area contributed by atoms with Crippen molar-refractivity contribution in [1.29, 1.82) is 0 Å². The number of hydrogen-bond acceptors (Lipinski definition) is 4. The smallest absolute Gasteiger partial charge is 0.161 e. The molecule has 0 amide bonds. The molecule has 0 saturated carbocycles. The number of ether oxygens (including phenoxy) is 2. The number of methoxy groups -OCH3 is 1. The molecule has 1 heterocycles. The summed E-state index contributed by atoms with van der Waals surface area (Å²) in [6.45, 7) is 6.30. The van der Waals surface area contributed by atoms with Crippen LogP contribution in [0, 0.1) is 0 Å². The predicted octanol–water partition coefficient (Wildman–Crippen LogP) is 2.58. The molecule has 4 heteroatoms. The van der Waals surface area contributed by atoms with Gasteiger partial charge in [-0.05, 0) is 57.0 Å². The van der Waals surface area contributed by atoms with E-state index in [1.165, 1.54) is 25.9 Å². The fourth-order valence-corrected chi connectivity index (χ4v) is 2.56. The SMILES string of the molecule is COc1cc(C(C)N)ccc1OCCCN1CCCC1. The molecular weight excluding hydrogens is 252 g/mol. The molecule has 1 aromatic rings. The highest BCUT2D eigenvalue weighted by atomic mass is 16.5. The number of benzene rings is 1. The Hall–Kier alpha value is -1.26. The maximum absolute atomic E-state index is 5.88. The lowest BCUT2D eigenvalue weighted by Gasteiger charge is -2.16. The van der Waals surface area contributed by atoms with Gasteiger partial charge in [-0.15, -0.1) is 0 Å². The lowest BCUT2D eigenvalue weighted by Crippen LogP contribution is -2.21. The highest BCUT2D eigenvalue weighted by Crippen LogP contribution is 2.29. The van der Waals surface area contributed by atoms with Crippen molar-refractivity contribution in [2.75, 3.05) is 33.4 Å². The summed E-state index contributed by atoms with van der Waals surface area (Å²) in [7, 11) is 1.66. The maximum atomic E-state index is 5.88. The van der Waals surface area contributed by atoms with Crippen LogP contribution in [0.1, 0.15) is 37.8 Å². The summed E-state index contributed by atoms with van der Waals surface area (Å²) >= 11 is 0. The third kappa shape index (κ3) is 4.12. The van der Waals surface area contributed by atoms with Gasteiger partial charge in [-0.3, -0.25) is 0 Å². The lowest BCUT2D eigenvalue weighted by molar-refractivity contribution is 0.254. The Morgan fingerprint density at radius 1 is 1.25 bits per heavy atom. The van der Waals surface area contributed by atoms with Crippen LogP contribution in [0.4, 0.5) is 0 Å². The van der Waals surface area contributed by atoms with E-state index < -0.39 is 0 Å². The van der Waals surface area contributed by atoms with Crippen LogP contribution in [0.5, 0.6) is 11.5 Å². The summed E-state index contributed by atoms with van der Waals surface area (Å²) in [5.74, 6) is 1.57.